The SMILES string of the molecule is CCOc1ccc(-c2nc(CCN)co2)cc1Cl. The van der Waals surface area contributed by atoms with Crippen LogP contribution < -0.4 is 10.5 Å². The molecule has 1 heterocycles. The molecular formula is C13H15ClN2O2. The molecule has 0 spiro atoms. The fourth-order valence-electron chi connectivity index (χ4n) is 1.61. The molecule has 5 heteroatoms. The Kier molecular flexibility index (Phi) is 4.23. The van der Waals surface area contributed by atoms with Crippen LogP contribution >= 0.6 is 11.6 Å². The van der Waals surface area contributed by atoms with Crippen molar-refractivity contribution in [3.05, 3.63) is 35.2 Å². The lowest BCUT2D eigenvalue weighted by molar-refractivity contribution is 0.340. The molecule has 0 radical (unpaired) electrons. The van der Waals surface area contributed by atoms with Crippen molar-refractivity contribution in [2.75, 3.05) is 13.2 Å². The molecule has 0 bridgehead atoms. The maximum Gasteiger partial charge on any atom is 0.226 e. The van der Waals surface area contributed by atoms with Gasteiger partial charge in [0.25, 0.3) is 0 Å². The highest BCUT2D eigenvalue weighted by Gasteiger charge is 2.09. The Balaban J connectivity index is 2.24. The Hall–Kier alpha value is -1.52. The van der Waals surface area contributed by atoms with Gasteiger partial charge in [0.05, 0.1) is 17.3 Å². The van der Waals surface area contributed by atoms with Gasteiger partial charge in [-0.05, 0) is 31.7 Å². The van der Waals surface area contributed by atoms with E-state index >= 15 is 0 Å². The lowest BCUT2D eigenvalue weighted by Crippen LogP contribution is -2.02. The summed E-state index contributed by atoms with van der Waals surface area (Å²) in [5.74, 6) is 1.21. The Morgan fingerprint density at radius 1 is 1.44 bits per heavy atom. The summed E-state index contributed by atoms with van der Waals surface area (Å²) in [6.45, 7) is 3.05. The zero-order chi connectivity index (χ0) is 13.0. The zero-order valence-corrected chi connectivity index (χ0v) is 10.9. The van der Waals surface area contributed by atoms with Crippen LogP contribution in [0, 0.1) is 0 Å². The fourth-order valence-corrected chi connectivity index (χ4v) is 1.84. The number of benzene rings is 1. The van der Waals surface area contributed by atoms with Crippen molar-refractivity contribution in [3.8, 4) is 17.2 Å². The van der Waals surface area contributed by atoms with E-state index in [0.29, 0.717) is 36.2 Å². The topological polar surface area (TPSA) is 61.3 Å². The van der Waals surface area contributed by atoms with E-state index in [9.17, 15) is 0 Å². The average Bonchev–Trinajstić information content (AvgIpc) is 2.81. The maximum atomic E-state index is 6.11. The minimum absolute atomic E-state index is 0.545. The maximum absolute atomic E-state index is 6.11. The Bertz CT molecular complexity index is 525. The summed E-state index contributed by atoms with van der Waals surface area (Å²) in [4.78, 5) is 4.34. The normalized spacial score (nSPS) is 10.6. The van der Waals surface area contributed by atoms with Crippen LogP contribution in [-0.4, -0.2) is 18.1 Å². The average molecular weight is 267 g/mol. The van der Waals surface area contributed by atoms with Crippen LogP contribution in [0.3, 0.4) is 0 Å². The van der Waals surface area contributed by atoms with E-state index in [1.165, 1.54) is 0 Å². The predicted molar refractivity (Wildman–Crippen MR) is 70.9 cm³/mol. The lowest BCUT2D eigenvalue weighted by atomic mass is 10.2. The number of nitrogens with zero attached hydrogens (tertiary/aromatic N) is 1. The molecule has 2 N–H and O–H groups in total. The molecular weight excluding hydrogens is 252 g/mol. The second kappa shape index (κ2) is 5.89. The van der Waals surface area contributed by atoms with Gasteiger partial charge in [0.15, 0.2) is 0 Å². The van der Waals surface area contributed by atoms with Crippen LogP contribution in [-0.2, 0) is 6.42 Å². The zero-order valence-electron chi connectivity index (χ0n) is 10.1. The summed E-state index contributed by atoms with van der Waals surface area (Å²) in [5, 5.41) is 0.549. The van der Waals surface area contributed by atoms with Gasteiger partial charge in [-0.25, -0.2) is 4.98 Å². The highest BCUT2D eigenvalue weighted by atomic mass is 35.5. The van der Waals surface area contributed by atoms with E-state index in [2.05, 4.69) is 4.98 Å². The minimum Gasteiger partial charge on any atom is -0.492 e. The third-order valence-corrected chi connectivity index (χ3v) is 2.73. The van der Waals surface area contributed by atoms with Gasteiger partial charge >= 0.3 is 0 Å². The summed E-state index contributed by atoms with van der Waals surface area (Å²) in [6, 6.07) is 5.47. The summed E-state index contributed by atoms with van der Waals surface area (Å²) in [7, 11) is 0. The molecule has 0 aliphatic carbocycles. The van der Waals surface area contributed by atoms with Crippen molar-refractivity contribution in [2.24, 2.45) is 5.73 Å². The molecule has 0 saturated heterocycles. The highest BCUT2D eigenvalue weighted by Crippen LogP contribution is 2.30. The van der Waals surface area contributed by atoms with Gasteiger partial charge in [0.1, 0.15) is 12.0 Å². The van der Waals surface area contributed by atoms with Crippen LogP contribution in [0.4, 0.5) is 0 Å². The van der Waals surface area contributed by atoms with Crippen molar-refractivity contribution in [2.45, 2.75) is 13.3 Å². The number of halogens is 1. The minimum atomic E-state index is 0.545. The van der Waals surface area contributed by atoms with Gasteiger partial charge in [-0.15, -0.1) is 0 Å². The third kappa shape index (κ3) is 2.83. The van der Waals surface area contributed by atoms with E-state index in [0.717, 1.165) is 11.3 Å². The van der Waals surface area contributed by atoms with Gasteiger partial charge in [-0.2, -0.15) is 0 Å². The number of hydrogen-bond donors (Lipinski definition) is 1. The molecule has 0 aliphatic rings. The van der Waals surface area contributed by atoms with Crippen LogP contribution in [0.2, 0.25) is 5.02 Å². The third-order valence-electron chi connectivity index (χ3n) is 2.43. The van der Waals surface area contributed by atoms with Crippen molar-refractivity contribution >= 4 is 11.6 Å². The number of nitrogens with two attached hydrogens (primary N) is 1. The van der Waals surface area contributed by atoms with Crippen molar-refractivity contribution < 1.29 is 9.15 Å². The number of ether oxygens (including phenoxy) is 1. The van der Waals surface area contributed by atoms with E-state index in [4.69, 9.17) is 26.5 Å². The molecule has 0 fully saturated rings. The predicted octanol–water partition coefficient (Wildman–Crippen LogP) is 2.89. The number of oxazole rings is 1. The molecule has 2 aromatic rings. The summed E-state index contributed by atoms with van der Waals surface area (Å²) < 4.78 is 10.8. The first-order valence-corrected chi connectivity index (χ1v) is 6.19. The molecule has 0 atom stereocenters. The molecule has 4 nitrogen and oxygen atoms in total. The summed E-state index contributed by atoms with van der Waals surface area (Å²) in [6.07, 6.45) is 2.32. The molecule has 0 amide bonds. The van der Waals surface area contributed by atoms with Crippen molar-refractivity contribution in [1.29, 1.82) is 0 Å². The number of hydrogen-bond acceptors (Lipinski definition) is 4. The van der Waals surface area contributed by atoms with E-state index in [1.54, 1.807) is 12.3 Å². The molecule has 96 valence electrons. The smallest absolute Gasteiger partial charge is 0.226 e. The molecule has 1 aromatic heterocycles. The van der Waals surface area contributed by atoms with Crippen LogP contribution in [0.5, 0.6) is 5.75 Å². The molecule has 18 heavy (non-hydrogen) atoms. The first-order chi connectivity index (χ1) is 8.74. The first-order valence-electron chi connectivity index (χ1n) is 5.81. The fraction of sp³-hybridized carbons (Fsp3) is 0.308. The van der Waals surface area contributed by atoms with Gasteiger partial charge in [0.2, 0.25) is 5.89 Å². The number of aromatic nitrogens is 1. The quantitative estimate of drug-likeness (QED) is 0.904. The second-order valence-corrected chi connectivity index (χ2v) is 4.17. The van der Waals surface area contributed by atoms with Gasteiger partial charge < -0.3 is 14.9 Å². The van der Waals surface area contributed by atoms with Crippen LogP contribution in [0.15, 0.2) is 28.9 Å². The van der Waals surface area contributed by atoms with Crippen molar-refractivity contribution in [3.63, 3.8) is 0 Å². The van der Waals surface area contributed by atoms with E-state index in [-0.39, 0.29) is 0 Å². The van der Waals surface area contributed by atoms with Crippen LogP contribution in [0.25, 0.3) is 11.5 Å². The van der Waals surface area contributed by atoms with E-state index in [1.807, 2.05) is 19.1 Å². The Labute approximate surface area is 111 Å². The van der Waals surface area contributed by atoms with Crippen LogP contribution in [0.1, 0.15) is 12.6 Å². The van der Waals surface area contributed by atoms with Gasteiger partial charge in [-0.3, -0.25) is 0 Å². The molecule has 2 rings (SSSR count). The van der Waals surface area contributed by atoms with E-state index < -0.39 is 0 Å². The molecule has 0 aliphatic heterocycles. The standard InChI is InChI=1S/C13H15ClN2O2/c1-2-17-12-4-3-9(7-11(12)14)13-16-10(5-6-15)8-18-13/h3-4,7-8H,2,5-6,15H2,1H3. The van der Waals surface area contributed by atoms with Gasteiger partial charge in [0, 0.05) is 12.0 Å². The monoisotopic (exact) mass is 266 g/mol. The van der Waals surface area contributed by atoms with Crippen molar-refractivity contribution in [1.82, 2.24) is 4.98 Å². The molecule has 0 saturated carbocycles. The van der Waals surface area contributed by atoms with Gasteiger partial charge in [-0.1, -0.05) is 11.6 Å². The summed E-state index contributed by atoms with van der Waals surface area (Å²) in [5.41, 5.74) is 7.14. The summed E-state index contributed by atoms with van der Waals surface area (Å²) >= 11 is 6.11. The highest BCUT2D eigenvalue weighted by molar-refractivity contribution is 6.32. The number of rotatable bonds is 5. The second-order valence-electron chi connectivity index (χ2n) is 3.76. The Morgan fingerprint density at radius 3 is 2.94 bits per heavy atom. The molecule has 0 unspecified atom stereocenters. The lowest BCUT2D eigenvalue weighted by Gasteiger charge is -2.05. The largest absolute Gasteiger partial charge is 0.492 e. The first kappa shape index (κ1) is 12.9. The molecule has 1 aromatic carbocycles. The Morgan fingerprint density at radius 2 is 2.28 bits per heavy atom.